The molecule has 5 heteroatoms. The van der Waals surface area contributed by atoms with Gasteiger partial charge in [0.1, 0.15) is 12.0 Å². The van der Waals surface area contributed by atoms with E-state index in [1.54, 1.807) is 13.4 Å². The summed E-state index contributed by atoms with van der Waals surface area (Å²) in [5.41, 5.74) is 1.75. The Balaban J connectivity index is 1.52. The van der Waals surface area contributed by atoms with Gasteiger partial charge in [-0.05, 0) is 37.1 Å². The standard InChI is InChI=1S/C17H20N2O3/c1-21-15-7-5-13(6-8-15)17-19-14(11-22-17)9-10-18-16(20)12-3-2-4-12/h5-8,11-12H,2-4,9-10H2,1H3,(H,18,20). The lowest BCUT2D eigenvalue weighted by molar-refractivity contribution is -0.127. The number of ether oxygens (including phenoxy) is 1. The van der Waals surface area contributed by atoms with Crippen LogP contribution in [-0.4, -0.2) is 24.5 Å². The van der Waals surface area contributed by atoms with Crippen LogP contribution in [0.15, 0.2) is 34.9 Å². The van der Waals surface area contributed by atoms with Gasteiger partial charge in [-0.2, -0.15) is 0 Å². The van der Waals surface area contributed by atoms with Crippen LogP contribution >= 0.6 is 0 Å². The van der Waals surface area contributed by atoms with Gasteiger partial charge in [0.15, 0.2) is 0 Å². The molecule has 0 saturated heterocycles. The van der Waals surface area contributed by atoms with Crippen LogP contribution in [-0.2, 0) is 11.2 Å². The van der Waals surface area contributed by atoms with Crippen molar-refractivity contribution in [2.45, 2.75) is 25.7 Å². The molecule has 0 spiro atoms. The number of rotatable bonds is 6. The van der Waals surface area contributed by atoms with Crippen molar-refractivity contribution in [2.24, 2.45) is 5.92 Å². The Hall–Kier alpha value is -2.30. The summed E-state index contributed by atoms with van der Waals surface area (Å²) >= 11 is 0. The van der Waals surface area contributed by atoms with E-state index in [4.69, 9.17) is 9.15 Å². The largest absolute Gasteiger partial charge is 0.497 e. The highest BCUT2D eigenvalue weighted by molar-refractivity contribution is 5.79. The van der Waals surface area contributed by atoms with Gasteiger partial charge in [0, 0.05) is 24.4 Å². The van der Waals surface area contributed by atoms with Gasteiger partial charge < -0.3 is 14.5 Å². The molecule has 1 aliphatic carbocycles. The van der Waals surface area contributed by atoms with E-state index in [0.717, 1.165) is 29.8 Å². The molecule has 2 aromatic rings. The smallest absolute Gasteiger partial charge is 0.226 e. The third-order valence-corrected chi connectivity index (χ3v) is 4.05. The van der Waals surface area contributed by atoms with E-state index in [9.17, 15) is 4.79 Å². The molecule has 5 nitrogen and oxygen atoms in total. The maximum absolute atomic E-state index is 11.7. The molecule has 0 radical (unpaired) electrons. The van der Waals surface area contributed by atoms with E-state index in [-0.39, 0.29) is 11.8 Å². The van der Waals surface area contributed by atoms with Crippen molar-refractivity contribution in [1.82, 2.24) is 10.3 Å². The van der Waals surface area contributed by atoms with E-state index < -0.39 is 0 Å². The minimum atomic E-state index is 0.171. The highest BCUT2D eigenvalue weighted by Crippen LogP contribution is 2.26. The highest BCUT2D eigenvalue weighted by Gasteiger charge is 2.24. The van der Waals surface area contributed by atoms with E-state index in [2.05, 4.69) is 10.3 Å². The number of benzene rings is 1. The molecular weight excluding hydrogens is 280 g/mol. The maximum atomic E-state index is 11.7. The van der Waals surface area contributed by atoms with Gasteiger partial charge in [0.05, 0.1) is 12.8 Å². The van der Waals surface area contributed by atoms with E-state index in [0.29, 0.717) is 18.9 Å². The maximum Gasteiger partial charge on any atom is 0.226 e. The lowest BCUT2D eigenvalue weighted by Crippen LogP contribution is -2.35. The number of carbonyl (C=O) groups is 1. The number of methoxy groups -OCH3 is 1. The molecule has 0 bridgehead atoms. The molecule has 0 atom stereocenters. The van der Waals surface area contributed by atoms with Crippen LogP contribution < -0.4 is 10.1 Å². The molecule has 22 heavy (non-hydrogen) atoms. The zero-order valence-electron chi connectivity index (χ0n) is 12.7. The summed E-state index contributed by atoms with van der Waals surface area (Å²) < 4.78 is 10.6. The molecule has 1 aliphatic rings. The lowest BCUT2D eigenvalue weighted by atomic mass is 9.85. The number of hydrogen-bond donors (Lipinski definition) is 1. The summed E-state index contributed by atoms with van der Waals surface area (Å²) in [7, 11) is 1.64. The minimum Gasteiger partial charge on any atom is -0.497 e. The Morgan fingerprint density at radius 1 is 1.36 bits per heavy atom. The fourth-order valence-electron chi connectivity index (χ4n) is 2.42. The average Bonchev–Trinajstić information content (AvgIpc) is 2.94. The van der Waals surface area contributed by atoms with Crippen LogP contribution in [0.4, 0.5) is 0 Å². The molecule has 3 rings (SSSR count). The van der Waals surface area contributed by atoms with Gasteiger partial charge in [-0.15, -0.1) is 0 Å². The molecule has 1 saturated carbocycles. The Kier molecular flexibility index (Phi) is 4.42. The predicted octanol–water partition coefficient (Wildman–Crippen LogP) is 2.81. The zero-order valence-corrected chi connectivity index (χ0v) is 12.7. The molecule has 1 N–H and O–H groups in total. The number of nitrogens with one attached hydrogen (secondary N) is 1. The Morgan fingerprint density at radius 2 is 2.14 bits per heavy atom. The summed E-state index contributed by atoms with van der Waals surface area (Å²) in [5.74, 6) is 1.79. The van der Waals surface area contributed by atoms with E-state index in [1.807, 2.05) is 24.3 Å². The lowest BCUT2D eigenvalue weighted by Gasteiger charge is -2.23. The number of nitrogens with zero attached hydrogens (tertiary/aromatic N) is 1. The Labute approximate surface area is 129 Å². The summed E-state index contributed by atoms with van der Waals surface area (Å²) in [6.07, 6.45) is 5.55. The topological polar surface area (TPSA) is 64.4 Å². The first-order chi connectivity index (χ1) is 10.8. The summed E-state index contributed by atoms with van der Waals surface area (Å²) in [6.45, 7) is 0.601. The first-order valence-corrected chi connectivity index (χ1v) is 7.63. The Morgan fingerprint density at radius 3 is 2.77 bits per heavy atom. The highest BCUT2D eigenvalue weighted by atomic mass is 16.5. The molecule has 116 valence electrons. The monoisotopic (exact) mass is 300 g/mol. The summed E-state index contributed by atoms with van der Waals surface area (Å²) in [6, 6.07) is 7.57. The van der Waals surface area contributed by atoms with Gasteiger partial charge in [-0.3, -0.25) is 4.79 Å². The third-order valence-electron chi connectivity index (χ3n) is 4.05. The van der Waals surface area contributed by atoms with Gasteiger partial charge in [-0.1, -0.05) is 6.42 Å². The van der Waals surface area contributed by atoms with Gasteiger partial charge in [-0.25, -0.2) is 4.98 Å². The van der Waals surface area contributed by atoms with E-state index >= 15 is 0 Å². The first-order valence-electron chi connectivity index (χ1n) is 7.63. The van der Waals surface area contributed by atoms with E-state index in [1.165, 1.54) is 6.42 Å². The average molecular weight is 300 g/mol. The van der Waals surface area contributed by atoms with Crippen LogP contribution in [0.3, 0.4) is 0 Å². The van der Waals surface area contributed by atoms with Crippen LogP contribution in [0.25, 0.3) is 11.5 Å². The first kappa shape index (κ1) is 14.6. The number of oxazole rings is 1. The second-order valence-electron chi connectivity index (χ2n) is 5.54. The number of hydrogen-bond acceptors (Lipinski definition) is 4. The SMILES string of the molecule is COc1ccc(-c2nc(CCNC(=O)C3CCC3)co2)cc1. The molecular formula is C17H20N2O3. The van der Waals surface area contributed by atoms with Crippen molar-refractivity contribution < 1.29 is 13.9 Å². The predicted molar refractivity (Wildman–Crippen MR) is 82.5 cm³/mol. The molecule has 1 aromatic carbocycles. The third kappa shape index (κ3) is 3.30. The minimum absolute atomic E-state index is 0.171. The van der Waals surface area contributed by atoms with Crippen LogP contribution in [0, 0.1) is 5.92 Å². The van der Waals surface area contributed by atoms with Crippen molar-refractivity contribution in [3.05, 3.63) is 36.2 Å². The number of amides is 1. The fraction of sp³-hybridized carbons (Fsp3) is 0.412. The van der Waals surface area contributed by atoms with Gasteiger partial charge >= 0.3 is 0 Å². The number of carbonyl (C=O) groups excluding carboxylic acids is 1. The summed E-state index contributed by atoms with van der Waals surface area (Å²) in [4.78, 5) is 16.2. The molecule has 0 aliphatic heterocycles. The van der Waals surface area contributed by atoms with Crippen molar-refractivity contribution in [2.75, 3.05) is 13.7 Å². The second-order valence-corrected chi connectivity index (χ2v) is 5.54. The van der Waals surface area contributed by atoms with Crippen molar-refractivity contribution in [1.29, 1.82) is 0 Å². The second kappa shape index (κ2) is 6.64. The zero-order chi connectivity index (χ0) is 15.4. The molecule has 1 aromatic heterocycles. The molecule has 1 fully saturated rings. The van der Waals surface area contributed by atoms with Crippen molar-refractivity contribution >= 4 is 5.91 Å². The van der Waals surface area contributed by atoms with Gasteiger partial charge in [0.25, 0.3) is 0 Å². The number of aromatic nitrogens is 1. The van der Waals surface area contributed by atoms with Crippen molar-refractivity contribution in [3.8, 4) is 17.2 Å². The van der Waals surface area contributed by atoms with Crippen molar-refractivity contribution in [3.63, 3.8) is 0 Å². The quantitative estimate of drug-likeness (QED) is 0.891. The van der Waals surface area contributed by atoms with Gasteiger partial charge in [0.2, 0.25) is 11.8 Å². The summed E-state index contributed by atoms with van der Waals surface area (Å²) in [5, 5.41) is 2.96. The van der Waals surface area contributed by atoms with Crippen LogP contribution in [0.5, 0.6) is 5.75 Å². The molecule has 1 heterocycles. The molecule has 1 amide bonds. The van der Waals surface area contributed by atoms with Crippen LogP contribution in [0.1, 0.15) is 25.0 Å². The normalized spacial score (nSPS) is 14.4. The molecule has 0 unspecified atom stereocenters. The fourth-order valence-corrected chi connectivity index (χ4v) is 2.42. The van der Waals surface area contributed by atoms with Crippen LogP contribution in [0.2, 0.25) is 0 Å². The Bertz CT molecular complexity index is 630.